The molecule has 93 heavy (non-hydrogen) atoms. The van der Waals surface area contributed by atoms with E-state index in [0.29, 0.717) is 17.6 Å². The number of amides is 12. The van der Waals surface area contributed by atoms with Gasteiger partial charge in [-0.05, 0) is 75.8 Å². The first-order valence-electron chi connectivity index (χ1n) is 30.3. The third-order valence-corrected chi connectivity index (χ3v) is 17.2. The van der Waals surface area contributed by atoms with Crippen molar-refractivity contribution in [3.63, 3.8) is 0 Å². The lowest BCUT2D eigenvalue weighted by Gasteiger charge is -2.30. The van der Waals surface area contributed by atoms with E-state index in [2.05, 4.69) is 68.8 Å². The highest BCUT2D eigenvalue weighted by molar-refractivity contribution is 8.76. The van der Waals surface area contributed by atoms with E-state index in [0.717, 1.165) is 31.9 Å². The Morgan fingerprint density at radius 3 is 1.92 bits per heavy atom. The van der Waals surface area contributed by atoms with Gasteiger partial charge < -0.3 is 107 Å². The standard InChI is InChI=1S/C56H88N20O15S2/c1-4-11-32(44(58)81)68-47(84)34(15-8-18-63-55(59)60)70-49(86)36(22-30-21-29-13-6-7-14-31(29)66-30)72-45(82)28(3)65-51(88)40-27-93-92-26-39(67-42(78)24-57)52(89)69-33(12-5-2)46(83)74-38(25-77)50(87)73-37(23-43(79)80)54(91)76-20-10-17-41(76)53(90)71-35(48(85)75-40)16-9-19-64-56(61)62/h6-7,13-14,21,28,32-41,66,77H,4-5,8-12,15-20,22-27,57H2,1-3H3,(H2,58,81)(H,65,88)(H,67,78)(H,68,84)(H,69,89)(H,70,86)(H,71,90)(H,72,82)(H,73,87)(H,74,83)(H,75,85)(H,79,80)(H4,59,60,63)(H4,61,62,64)/t28-,32-,33-,34-,35-,36-,37-,38-,39-,40-,41?/m0/s1. The molecule has 514 valence electrons. The molecule has 1 aromatic carbocycles. The van der Waals surface area contributed by atoms with Crippen molar-refractivity contribution < 1.29 is 72.5 Å². The third-order valence-electron chi connectivity index (χ3n) is 14.7. The summed E-state index contributed by atoms with van der Waals surface area (Å²) < 4.78 is 0. The number of hydrogen-bond donors (Lipinski definition) is 21. The van der Waals surface area contributed by atoms with Crippen LogP contribution < -0.4 is 86.7 Å². The monoisotopic (exact) mass is 1340 g/mol. The summed E-state index contributed by atoms with van der Waals surface area (Å²) >= 11 is 0. The van der Waals surface area contributed by atoms with Gasteiger partial charge in [-0.1, -0.05) is 66.5 Å². The molecule has 2 aliphatic heterocycles. The molecule has 3 heterocycles. The summed E-state index contributed by atoms with van der Waals surface area (Å²) in [6, 6.07) is -7.52. The number of nitrogens with one attached hydrogen (secondary N) is 15. The van der Waals surface area contributed by atoms with Crippen LogP contribution in [0.4, 0.5) is 0 Å². The van der Waals surface area contributed by atoms with Gasteiger partial charge >= 0.3 is 5.97 Å². The fourth-order valence-electron chi connectivity index (χ4n) is 9.90. The number of aromatic amines is 1. The predicted molar refractivity (Wildman–Crippen MR) is 342 cm³/mol. The van der Waals surface area contributed by atoms with E-state index in [1.165, 1.54) is 6.92 Å². The Balaban J connectivity index is 1.75. The number of carbonyl (C=O) groups excluding carboxylic acids is 12. The van der Waals surface area contributed by atoms with Gasteiger partial charge in [0.05, 0.1) is 19.6 Å². The van der Waals surface area contributed by atoms with Crippen LogP contribution in [0.15, 0.2) is 30.3 Å². The van der Waals surface area contributed by atoms with Crippen LogP contribution >= 0.6 is 21.6 Å². The highest BCUT2D eigenvalue weighted by Gasteiger charge is 2.41. The molecule has 2 aromatic rings. The van der Waals surface area contributed by atoms with Gasteiger partial charge in [0.25, 0.3) is 0 Å². The number of carboxylic acid groups (broad SMARTS) is 1. The number of aliphatic carboxylic acids is 1. The second-order valence-corrected chi connectivity index (χ2v) is 24.7. The summed E-state index contributed by atoms with van der Waals surface area (Å²) in [4.78, 5) is 184. The van der Waals surface area contributed by atoms with Crippen LogP contribution in [0.5, 0.6) is 0 Å². The largest absolute Gasteiger partial charge is 0.481 e. The number of aliphatic hydroxyl groups is 1. The van der Waals surface area contributed by atoms with Gasteiger partial charge in [0.2, 0.25) is 70.9 Å². The molecule has 11 atom stereocenters. The van der Waals surface area contributed by atoms with Crippen LogP contribution in [-0.4, -0.2) is 220 Å². The van der Waals surface area contributed by atoms with Crippen molar-refractivity contribution in [1.29, 1.82) is 10.8 Å². The molecule has 37 heteroatoms. The Labute approximate surface area is 543 Å². The Hall–Kier alpha value is -8.97. The van der Waals surface area contributed by atoms with E-state index in [1.807, 2.05) is 6.07 Å². The zero-order valence-corrected chi connectivity index (χ0v) is 53.6. The average Bonchev–Trinajstić information content (AvgIpc) is 1.81. The molecule has 25 N–H and O–H groups in total. The van der Waals surface area contributed by atoms with E-state index in [9.17, 15) is 72.5 Å². The van der Waals surface area contributed by atoms with Crippen molar-refractivity contribution >= 4 is 121 Å². The van der Waals surface area contributed by atoms with Gasteiger partial charge in [-0.3, -0.25) is 73.1 Å². The zero-order valence-electron chi connectivity index (χ0n) is 51.9. The quantitative estimate of drug-likeness (QED) is 0.0163. The van der Waals surface area contributed by atoms with Gasteiger partial charge in [0.1, 0.15) is 66.5 Å². The van der Waals surface area contributed by atoms with Crippen molar-refractivity contribution in [2.24, 2.45) is 22.9 Å². The van der Waals surface area contributed by atoms with Crippen molar-refractivity contribution in [2.75, 3.05) is 44.3 Å². The minimum Gasteiger partial charge on any atom is -0.481 e. The number of primary amides is 1. The lowest BCUT2D eigenvalue weighted by atomic mass is 10.1. The molecule has 2 saturated heterocycles. The summed E-state index contributed by atoms with van der Waals surface area (Å²) in [6.07, 6.45) is -0.171. The topological polar surface area (TPSA) is 578 Å². The van der Waals surface area contributed by atoms with Crippen LogP contribution in [0.2, 0.25) is 0 Å². The van der Waals surface area contributed by atoms with Crippen LogP contribution in [0.3, 0.4) is 0 Å². The number of nitrogens with zero attached hydrogens (tertiary/aromatic N) is 1. The highest BCUT2D eigenvalue weighted by atomic mass is 33.1. The number of nitrogens with two attached hydrogens (primary N) is 4. The van der Waals surface area contributed by atoms with Gasteiger partial charge in [0.15, 0.2) is 11.9 Å². The number of carboxylic acids is 1. The molecule has 0 saturated carbocycles. The smallest absolute Gasteiger partial charge is 0.305 e. The molecular weight excluding hydrogens is 1260 g/mol. The first-order chi connectivity index (χ1) is 44.2. The number of H-pyrrole nitrogens is 1. The summed E-state index contributed by atoms with van der Waals surface area (Å²) in [5.74, 6) is -14.2. The Bertz CT molecular complexity index is 2980. The van der Waals surface area contributed by atoms with Gasteiger partial charge in [0, 0.05) is 48.8 Å². The summed E-state index contributed by atoms with van der Waals surface area (Å²) in [5.41, 5.74) is 23.3. The van der Waals surface area contributed by atoms with Crippen molar-refractivity contribution in [1.82, 2.24) is 73.7 Å². The molecule has 2 aliphatic rings. The fourth-order valence-corrected chi connectivity index (χ4v) is 12.2. The number of guanidine groups is 2. The number of para-hydroxylation sites is 1. The van der Waals surface area contributed by atoms with E-state index in [-0.39, 0.29) is 101 Å². The summed E-state index contributed by atoms with van der Waals surface area (Å²) in [7, 11) is 1.80. The van der Waals surface area contributed by atoms with E-state index < -0.39 is 169 Å². The second-order valence-electron chi connectivity index (χ2n) is 22.1. The molecule has 35 nitrogen and oxygen atoms in total. The second kappa shape index (κ2) is 38.8. The lowest BCUT2D eigenvalue weighted by Crippen LogP contribution is -2.61. The molecule has 2 fully saturated rings. The average molecular weight is 1350 g/mol. The van der Waals surface area contributed by atoms with Crippen LogP contribution in [0, 0.1) is 10.8 Å². The number of aliphatic hydroxyl groups excluding tert-OH is 1. The van der Waals surface area contributed by atoms with Crippen LogP contribution in [0.1, 0.15) is 97.1 Å². The lowest BCUT2D eigenvalue weighted by molar-refractivity contribution is -0.146. The SMILES string of the molecule is CCC[C@H](NC(=O)[C@H](CCCNC(=N)N)NC(=O)[C@H](Cc1cc2ccccc2[nH]1)NC(=O)[C@H](C)NC(=O)[C@@H]1CSSC[C@H](NC(=O)CN)C(=O)N[C@@H](CCC)C(=O)N[C@@H](CO)C(=O)N[C@@H](CC(=O)O)C(=O)N2CCCC2C(=O)N[C@@H](CCCNC(=N)N)C(=O)N1)C(N)=O. The van der Waals surface area contributed by atoms with Crippen molar-refractivity contribution in [3.05, 3.63) is 36.0 Å². The maximum Gasteiger partial charge on any atom is 0.305 e. The molecule has 0 spiro atoms. The normalized spacial score (nSPS) is 21.6. The molecule has 1 unspecified atom stereocenters. The molecule has 0 bridgehead atoms. The predicted octanol–water partition coefficient (Wildman–Crippen LogP) is -6.00. The minimum atomic E-state index is -1.87. The Kier molecular flexibility index (Phi) is 31.9. The molecular formula is C56H88N20O15S2. The Morgan fingerprint density at radius 1 is 0.699 bits per heavy atom. The maximum atomic E-state index is 14.7. The molecule has 12 amide bonds. The van der Waals surface area contributed by atoms with Crippen LogP contribution in [-0.2, 0) is 68.7 Å². The number of aromatic nitrogens is 1. The number of hydrogen-bond acceptors (Lipinski definition) is 19. The number of fused-ring (bicyclic) bond motifs is 2. The van der Waals surface area contributed by atoms with Crippen molar-refractivity contribution in [3.8, 4) is 0 Å². The minimum absolute atomic E-state index is 0.00642. The third kappa shape index (κ3) is 25.2. The van der Waals surface area contributed by atoms with Crippen LogP contribution in [0.25, 0.3) is 10.9 Å². The van der Waals surface area contributed by atoms with E-state index in [1.54, 1.807) is 38.1 Å². The highest BCUT2D eigenvalue weighted by Crippen LogP contribution is 2.25. The Morgan fingerprint density at radius 2 is 1.29 bits per heavy atom. The van der Waals surface area contributed by atoms with Gasteiger partial charge in [-0.25, -0.2) is 0 Å². The summed E-state index contributed by atoms with van der Waals surface area (Å²) in [5, 5.41) is 66.5. The molecule has 0 radical (unpaired) electrons. The van der Waals surface area contributed by atoms with E-state index >= 15 is 0 Å². The summed E-state index contributed by atoms with van der Waals surface area (Å²) in [6.45, 7) is 3.07. The molecule has 0 aliphatic carbocycles. The fraction of sp³-hybridized carbons (Fsp3) is 0.589. The number of rotatable bonds is 28. The molecule has 4 rings (SSSR count). The number of carbonyl (C=O) groups is 13. The van der Waals surface area contributed by atoms with Gasteiger partial charge in [-0.2, -0.15) is 0 Å². The van der Waals surface area contributed by atoms with Gasteiger partial charge in [-0.15, -0.1) is 0 Å². The van der Waals surface area contributed by atoms with E-state index in [4.69, 9.17) is 33.8 Å². The first kappa shape index (κ1) is 76.5. The maximum absolute atomic E-state index is 14.7. The zero-order chi connectivity index (χ0) is 68.9. The number of benzene rings is 1. The van der Waals surface area contributed by atoms with Crippen molar-refractivity contribution in [2.45, 2.75) is 164 Å². The molecule has 1 aromatic heterocycles. The first-order valence-corrected chi connectivity index (χ1v) is 32.8.